The lowest BCUT2D eigenvalue weighted by Crippen LogP contribution is -2.12. The molecule has 4 N–H and O–H groups in total. The number of hydrogen-bond acceptors (Lipinski definition) is 3. The van der Waals surface area contributed by atoms with E-state index in [1.165, 1.54) is 18.2 Å². The van der Waals surface area contributed by atoms with Crippen molar-refractivity contribution in [3.8, 4) is 5.75 Å². The predicted molar refractivity (Wildman–Crippen MR) is 74.8 cm³/mol. The number of nitrogen functional groups attached to an aromatic ring is 1. The molecule has 110 valence electrons. The number of carbonyl (C=O) groups excluding carboxylic acids is 1. The molecule has 0 saturated heterocycles. The van der Waals surface area contributed by atoms with Crippen LogP contribution in [0.15, 0.2) is 30.3 Å². The summed E-state index contributed by atoms with van der Waals surface area (Å²) >= 11 is 0. The van der Waals surface area contributed by atoms with Gasteiger partial charge in [-0.1, -0.05) is 6.07 Å². The molecular formula is C15H14F2N2O2. The molecule has 0 fully saturated rings. The van der Waals surface area contributed by atoms with Gasteiger partial charge in [0, 0.05) is 22.9 Å². The van der Waals surface area contributed by atoms with Gasteiger partial charge in [0.15, 0.2) is 11.6 Å². The van der Waals surface area contributed by atoms with Gasteiger partial charge in [0.25, 0.3) is 0 Å². The highest BCUT2D eigenvalue weighted by Gasteiger charge is 2.10. The Morgan fingerprint density at radius 3 is 2.52 bits per heavy atom. The minimum absolute atomic E-state index is 0.0138. The Bertz CT molecular complexity index is 702. The van der Waals surface area contributed by atoms with Crippen LogP contribution < -0.4 is 16.2 Å². The van der Waals surface area contributed by atoms with E-state index in [1.807, 2.05) is 0 Å². The fourth-order valence-corrected chi connectivity index (χ4v) is 1.75. The van der Waals surface area contributed by atoms with Gasteiger partial charge in [-0.3, -0.25) is 4.79 Å². The van der Waals surface area contributed by atoms with E-state index in [1.54, 1.807) is 6.92 Å². The third-order valence-electron chi connectivity index (χ3n) is 3.04. The first-order chi connectivity index (χ1) is 9.88. The molecule has 0 bridgehead atoms. The second-order valence-corrected chi connectivity index (χ2v) is 4.60. The van der Waals surface area contributed by atoms with E-state index >= 15 is 0 Å². The topological polar surface area (TPSA) is 78.3 Å². The van der Waals surface area contributed by atoms with Gasteiger partial charge in [0.05, 0.1) is 0 Å². The summed E-state index contributed by atoms with van der Waals surface area (Å²) in [7, 11) is 0. The average Bonchev–Trinajstić information content (AvgIpc) is 2.42. The summed E-state index contributed by atoms with van der Waals surface area (Å²) in [5, 5.41) is 0. The predicted octanol–water partition coefficient (Wildman–Crippen LogP) is 2.53. The molecule has 0 unspecified atom stereocenters. The number of anilines is 1. The Balaban J connectivity index is 2.17. The highest BCUT2D eigenvalue weighted by atomic mass is 19.1. The number of nitrogens with two attached hydrogens (primary N) is 2. The van der Waals surface area contributed by atoms with Gasteiger partial charge in [-0.2, -0.15) is 0 Å². The molecule has 0 saturated carbocycles. The number of ether oxygens (including phenoxy) is 1. The summed E-state index contributed by atoms with van der Waals surface area (Å²) in [5.74, 6) is -1.99. The Hall–Kier alpha value is -2.63. The molecule has 0 heterocycles. The first kappa shape index (κ1) is 14.8. The zero-order valence-electron chi connectivity index (χ0n) is 11.3. The minimum atomic E-state index is -0.721. The van der Waals surface area contributed by atoms with Crippen LogP contribution in [0.5, 0.6) is 5.75 Å². The van der Waals surface area contributed by atoms with E-state index < -0.39 is 17.5 Å². The molecule has 2 rings (SSSR count). The van der Waals surface area contributed by atoms with Crippen LogP contribution >= 0.6 is 0 Å². The van der Waals surface area contributed by atoms with Crippen LogP contribution in [0.25, 0.3) is 0 Å². The Morgan fingerprint density at radius 1 is 1.19 bits per heavy atom. The lowest BCUT2D eigenvalue weighted by atomic mass is 10.1. The molecule has 0 aliphatic carbocycles. The van der Waals surface area contributed by atoms with E-state index in [2.05, 4.69) is 0 Å². The van der Waals surface area contributed by atoms with E-state index in [4.69, 9.17) is 16.2 Å². The molecule has 0 spiro atoms. The molecule has 4 nitrogen and oxygen atoms in total. The van der Waals surface area contributed by atoms with E-state index in [9.17, 15) is 13.6 Å². The highest BCUT2D eigenvalue weighted by molar-refractivity contribution is 5.92. The summed E-state index contributed by atoms with van der Waals surface area (Å²) < 4.78 is 32.7. The third kappa shape index (κ3) is 3.28. The van der Waals surface area contributed by atoms with Crippen LogP contribution in [0.4, 0.5) is 14.5 Å². The SMILES string of the molecule is Cc1cc(OCc2ccc(C(N)=O)cc2F)c(F)cc1N. The lowest BCUT2D eigenvalue weighted by Gasteiger charge is -2.10. The van der Waals surface area contributed by atoms with Crippen molar-refractivity contribution in [3.05, 3.63) is 58.7 Å². The van der Waals surface area contributed by atoms with Crippen molar-refractivity contribution in [2.24, 2.45) is 5.73 Å². The first-order valence-corrected chi connectivity index (χ1v) is 6.15. The van der Waals surface area contributed by atoms with Crippen molar-refractivity contribution in [2.75, 3.05) is 5.73 Å². The molecule has 21 heavy (non-hydrogen) atoms. The summed E-state index contributed by atoms with van der Waals surface area (Å²) in [6.45, 7) is 1.54. The van der Waals surface area contributed by atoms with Crippen molar-refractivity contribution >= 4 is 11.6 Å². The van der Waals surface area contributed by atoms with Gasteiger partial charge < -0.3 is 16.2 Å². The smallest absolute Gasteiger partial charge is 0.248 e. The fraction of sp³-hybridized carbons (Fsp3) is 0.133. The number of hydrogen-bond donors (Lipinski definition) is 2. The molecule has 0 aliphatic rings. The van der Waals surface area contributed by atoms with Gasteiger partial charge >= 0.3 is 0 Å². The Labute approximate surface area is 120 Å². The lowest BCUT2D eigenvalue weighted by molar-refractivity contribution is 0.0999. The second-order valence-electron chi connectivity index (χ2n) is 4.60. The van der Waals surface area contributed by atoms with E-state index in [0.717, 1.165) is 12.1 Å². The summed E-state index contributed by atoms with van der Waals surface area (Å²) in [6.07, 6.45) is 0. The maximum Gasteiger partial charge on any atom is 0.248 e. The van der Waals surface area contributed by atoms with Crippen LogP contribution in [0.3, 0.4) is 0 Å². The molecule has 1 amide bonds. The third-order valence-corrected chi connectivity index (χ3v) is 3.04. The molecular weight excluding hydrogens is 278 g/mol. The standard InChI is InChI=1S/C15H14F2N2O2/c1-8-4-14(12(17)6-13(8)18)21-7-10-3-2-9(15(19)20)5-11(10)16/h2-6H,7,18H2,1H3,(H2,19,20). The zero-order valence-corrected chi connectivity index (χ0v) is 11.3. The number of carbonyl (C=O) groups is 1. The fourth-order valence-electron chi connectivity index (χ4n) is 1.75. The first-order valence-electron chi connectivity index (χ1n) is 6.15. The van der Waals surface area contributed by atoms with Crippen molar-refractivity contribution in [2.45, 2.75) is 13.5 Å². The van der Waals surface area contributed by atoms with Crippen LogP contribution in [-0.2, 0) is 6.61 Å². The number of primary amides is 1. The number of benzene rings is 2. The van der Waals surface area contributed by atoms with Crippen LogP contribution in [-0.4, -0.2) is 5.91 Å². The Kier molecular flexibility index (Phi) is 4.07. The van der Waals surface area contributed by atoms with Gasteiger partial charge in [0.1, 0.15) is 12.4 Å². The molecule has 6 heteroatoms. The van der Waals surface area contributed by atoms with Crippen LogP contribution in [0, 0.1) is 18.6 Å². The van der Waals surface area contributed by atoms with Crippen molar-refractivity contribution in [1.82, 2.24) is 0 Å². The van der Waals surface area contributed by atoms with Crippen LogP contribution in [0.1, 0.15) is 21.5 Å². The zero-order chi connectivity index (χ0) is 15.6. The van der Waals surface area contributed by atoms with Crippen molar-refractivity contribution < 1.29 is 18.3 Å². The van der Waals surface area contributed by atoms with E-state index in [0.29, 0.717) is 11.3 Å². The van der Waals surface area contributed by atoms with Crippen molar-refractivity contribution in [1.29, 1.82) is 0 Å². The molecule has 2 aromatic carbocycles. The number of halogens is 2. The summed E-state index contributed by atoms with van der Waals surface area (Å²) in [6, 6.07) is 6.37. The Morgan fingerprint density at radius 2 is 1.90 bits per heavy atom. The number of aryl methyl sites for hydroxylation is 1. The molecule has 0 aliphatic heterocycles. The average molecular weight is 292 g/mol. The highest BCUT2D eigenvalue weighted by Crippen LogP contribution is 2.24. The molecule has 2 aromatic rings. The number of amides is 1. The maximum absolute atomic E-state index is 13.8. The van der Waals surface area contributed by atoms with Gasteiger partial charge in [-0.15, -0.1) is 0 Å². The number of rotatable bonds is 4. The molecule has 0 radical (unpaired) electrons. The largest absolute Gasteiger partial charge is 0.486 e. The summed E-state index contributed by atoms with van der Waals surface area (Å²) in [5.41, 5.74) is 11.8. The molecule has 0 aromatic heterocycles. The van der Waals surface area contributed by atoms with Gasteiger partial charge in [-0.25, -0.2) is 8.78 Å². The van der Waals surface area contributed by atoms with Crippen LogP contribution in [0.2, 0.25) is 0 Å². The normalized spacial score (nSPS) is 10.4. The minimum Gasteiger partial charge on any atom is -0.486 e. The van der Waals surface area contributed by atoms with E-state index in [-0.39, 0.29) is 23.5 Å². The summed E-state index contributed by atoms with van der Waals surface area (Å²) in [4.78, 5) is 10.9. The van der Waals surface area contributed by atoms with Crippen molar-refractivity contribution in [3.63, 3.8) is 0 Å². The second kappa shape index (κ2) is 5.78. The maximum atomic E-state index is 13.8. The monoisotopic (exact) mass is 292 g/mol. The van der Waals surface area contributed by atoms with Gasteiger partial charge in [0.2, 0.25) is 5.91 Å². The quantitative estimate of drug-likeness (QED) is 0.850. The molecule has 0 atom stereocenters. The van der Waals surface area contributed by atoms with Gasteiger partial charge in [-0.05, 0) is 30.7 Å².